The monoisotopic (exact) mass is 291 g/mol. The lowest BCUT2D eigenvalue weighted by atomic mass is 9.65. The molecule has 1 fully saturated rings. The third-order valence-corrected chi connectivity index (χ3v) is 4.88. The van der Waals surface area contributed by atoms with Crippen molar-refractivity contribution < 1.29 is 4.74 Å². The van der Waals surface area contributed by atoms with Crippen molar-refractivity contribution in [3.63, 3.8) is 0 Å². The maximum atomic E-state index is 5.21. The largest absolute Gasteiger partial charge is 0.481 e. The summed E-state index contributed by atoms with van der Waals surface area (Å²) in [5.74, 6) is 1.35. The van der Waals surface area contributed by atoms with Crippen molar-refractivity contribution >= 4 is 0 Å². The zero-order valence-corrected chi connectivity index (χ0v) is 13.9. The highest BCUT2D eigenvalue weighted by Gasteiger charge is 2.37. The molecule has 0 amide bonds. The van der Waals surface area contributed by atoms with Crippen LogP contribution in [-0.2, 0) is 6.42 Å². The van der Waals surface area contributed by atoms with Crippen molar-refractivity contribution in [3.8, 4) is 5.88 Å². The van der Waals surface area contributed by atoms with Gasteiger partial charge in [-0.3, -0.25) is 0 Å². The predicted molar refractivity (Wildman–Crippen MR) is 85.5 cm³/mol. The van der Waals surface area contributed by atoms with Crippen molar-refractivity contribution in [3.05, 3.63) is 18.1 Å². The van der Waals surface area contributed by atoms with Gasteiger partial charge in [0.2, 0.25) is 5.88 Å². The molecule has 118 valence electrons. The maximum Gasteiger partial charge on any atom is 0.216 e. The molecule has 2 rings (SSSR count). The molecule has 1 heterocycles. The Morgan fingerprint density at radius 3 is 2.86 bits per heavy atom. The summed E-state index contributed by atoms with van der Waals surface area (Å²) < 4.78 is 5.21. The summed E-state index contributed by atoms with van der Waals surface area (Å²) in [7, 11) is 1.65. The minimum Gasteiger partial charge on any atom is -0.481 e. The van der Waals surface area contributed by atoms with Crippen LogP contribution in [0.15, 0.2) is 12.4 Å². The fourth-order valence-corrected chi connectivity index (χ4v) is 3.71. The second kappa shape index (κ2) is 7.21. The summed E-state index contributed by atoms with van der Waals surface area (Å²) in [5.41, 5.74) is 1.47. The van der Waals surface area contributed by atoms with E-state index in [4.69, 9.17) is 4.74 Å². The number of hydrogen-bond donors (Lipinski definition) is 1. The van der Waals surface area contributed by atoms with Crippen LogP contribution >= 0.6 is 0 Å². The first-order valence-electron chi connectivity index (χ1n) is 8.15. The smallest absolute Gasteiger partial charge is 0.216 e. The highest BCUT2D eigenvalue weighted by Crippen LogP contribution is 2.42. The minimum atomic E-state index is 0.405. The molecule has 0 aliphatic heterocycles. The Morgan fingerprint density at radius 2 is 2.19 bits per heavy atom. The lowest BCUT2D eigenvalue weighted by Crippen LogP contribution is -2.46. The molecule has 0 bridgehead atoms. The topological polar surface area (TPSA) is 47.0 Å². The van der Waals surface area contributed by atoms with Crippen molar-refractivity contribution in [2.45, 2.75) is 58.9 Å². The molecular formula is C17H29N3O. The van der Waals surface area contributed by atoms with Crippen molar-refractivity contribution in [2.75, 3.05) is 13.7 Å². The van der Waals surface area contributed by atoms with Crippen LogP contribution in [0.25, 0.3) is 0 Å². The molecule has 0 spiro atoms. The summed E-state index contributed by atoms with van der Waals surface area (Å²) in [4.78, 5) is 8.52. The van der Waals surface area contributed by atoms with E-state index < -0.39 is 0 Å². The van der Waals surface area contributed by atoms with Gasteiger partial charge in [0.1, 0.15) is 6.33 Å². The maximum absolute atomic E-state index is 5.21. The molecule has 4 heteroatoms. The van der Waals surface area contributed by atoms with Gasteiger partial charge in [-0.25, -0.2) is 9.97 Å². The van der Waals surface area contributed by atoms with E-state index in [1.54, 1.807) is 13.4 Å². The fourth-order valence-electron chi connectivity index (χ4n) is 3.71. The van der Waals surface area contributed by atoms with Crippen LogP contribution in [0.5, 0.6) is 5.88 Å². The summed E-state index contributed by atoms with van der Waals surface area (Å²) in [6.07, 6.45) is 7.90. The van der Waals surface area contributed by atoms with Crippen LogP contribution in [0.3, 0.4) is 0 Å². The van der Waals surface area contributed by atoms with Crippen LogP contribution in [0.2, 0.25) is 0 Å². The van der Waals surface area contributed by atoms with Crippen molar-refractivity contribution in [1.82, 2.24) is 15.3 Å². The Kier molecular flexibility index (Phi) is 5.57. The van der Waals surface area contributed by atoms with Gasteiger partial charge >= 0.3 is 0 Å². The van der Waals surface area contributed by atoms with Crippen molar-refractivity contribution in [2.24, 2.45) is 11.3 Å². The van der Waals surface area contributed by atoms with E-state index in [0.29, 0.717) is 23.3 Å². The molecule has 1 saturated carbocycles. The lowest BCUT2D eigenvalue weighted by Gasteiger charge is -2.43. The van der Waals surface area contributed by atoms with E-state index in [9.17, 15) is 0 Å². The van der Waals surface area contributed by atoms with E-state index in [0.717, 1.165) is 18.7 Å². The first-order valence-corrected chi connectivity index (χ1v) is 8.15. The van der Waals surface area contributed by atoms with E-state index in [2.05, 4.69) is 36.1 Å². The number of methoxy groups -OCH3 is 1. The molecule has 21 heavy (non-hydrogen) atoms. The second-order valence-electron chi connectivity index (χ2n) is 6.76. The van der Waals surface area contributed by atoms with Gasteiger partial charge in [0, 0.05) is 24.2 Å². The summed E-state index contributed by atoms with van der Waals surface area (Å²) in [6.45, 7) is 8.02. The van der Waals surface area contributed by atoms with Crippen LogP contribution < -0.4 is 10.1 Å². The minimum absolute atomic E-state index is 0.405. The van der Waals surface area contributed by atoms with E-state index in [1.807, 2.05) is 6.07 Å². The molecule has 1 aliphatic carbocycles. The quantitative estimate of drug-likeness (QED) is 0.874. The molecule has 2 unspecified atom stereocenters. The lowest BCUT2D eigenvalue weighted by molar-refractivity contribution is 0.0984. The van der Waals surface area contributed by atoms with E-state index in [1.165, 1.54) is 25.7 Å². The normalized spacial score (nSPS) is 22.8. The average Bonchev–Trinajstić information content (AvgIpc) is 2.47. The standard InChI is InChI=1S/C17H29N3O/c1-5-18-15(14-8-6-7-9-17(14,2)3)10-13-11-16(21-4)20-12-19-13/h11-12,14-15,18H,5-10H2,1-4H3. The number of rotatable bonds is 6. The van der Waals surface area contributed by atoms with Crippen LogP contribution in [-0.4, -0.2) is 29.7 Å². The molecule has 1 aromatic heterocycles. The Balaban J connectivity index is 2.14. The zero-order chi connectivity index (χ0) is 15.3. The van der Waals surface area contributed by atoms with Gasteiger partial charge in [-0.15, -0.1) is 0 Å². The molecule has 1 N–H and O–H groups in total. The molecular weight excluding hydrogens is 262 g/mol. The highest BCUT2D eigenvalue weighted by molar-refractivity contribution is 5.15. The van der Waals surface area contributed by atoms with E-state index in [-0.39, 0.29) is 0 Å². The second-order valence-corrected chi connectivity index (χ2v) is 6.76. The first kappa shape index (κ1) is 16.2. The summed E-state index contributed by atoms with van der Waals surface area (Å²) in [5, 5.41) is 3.69. The predicted octanol–water partition coefficient (Wildman–Crippen LogP) is 3.22. The Morgan fingerprint density at radius 1 is 1.38 bits per heavy atom. The van der Waals surface area contributed by atoms with Gasteiger partial charge in [-0.05, 0) is 30.7 Å². The number of likely N-dealkylation sites (N-methyl/N-ethyl adjacent to an activating group) is 1. The van der Waals surface area contributed by atoms with Gasteiger partial charge in [0.05, 0.1) is 7.11 Å². The average molecular weight is 291 g/mol. The number of nitrogens with one attached hydrogen (secondary N) is 1. The molecule has 0 radical (unpaired) electrons. The van der Waals surface area contributed by atoms with Crippen molar-refractivity contribution in [1.29, 1.82) is 0 Å². The van der Waals surface area contributed by atoms with Gasteiger partial charge < -0.3 is 10.1 Å². The van der Waals surface area contributed by atoms with Crippen LogP contribution in [0.1, 0.15) is 52.1 Å². The van der Waals surface area contributed by atoms with Gasteiger partial charge in [-0.1, -0.05) is 33.6 Å². The number of aromatic nitrogens is 2. The number of ether oxygens (including phenoxy) is 1. The number of nitrogens with zero attached hydrogens (tertiary/aromatic N) is 2. The fraction of sp³-hybridized carbons (Fsp3) is 0.765. The summed E-state index contributed by atoms with van der Waals surface area (Å²) in [6, 6.07) is 2.44. The molecule has 1 aromatic rings. The molecule has 2 atom stereocenters. The van der Waals surface area contributed by atoms with Gasteiger partial charge in [0.15, 0.2) is 0 Å². The van der Waals surface area contributed by atoms with Crippen LogP contribution in [0.4, 0.5) is 0 Å². The summed E-state index contributed by atoms with van der Waals surface area (Å²) >= 11 is 0. The zero-order valence-electron chi connectivity index (χ0n) is 13.9. The van der Waals surface area contributed by atoms with E-state index >= 15 is 0 Å². The molecule has 0 saturated heterocycles. The van der Waals surface area contributed by atoms with Gasteiger partial charge in [0.25, 0.3) is 0 Å². The Bertz CT molecular complexity index is 447. The first-order chi connectivity index (χ1) is 10.1. The van der Waals surface area contributed by atoms with Crippen LogP contribution in [0, 0.1) is 11.3 Å². The molecule has 4 nitrogen and oxygen atoms in total. The highest BCUT2D eigenvalue weighted by atomic mass is 16.5. The number of hydrogen-bond acceptors (Lipinski definition) is 4. The third kappa shape index (κ3) is 4.16. The molecule has 1 aliphatic rings. The SMILES string of the molecule is CCNC(Cc1cc(OC)ncn1)C1CCCCC1(C)C. The Hall–Kier alpha value is -1.16. The van der Waals surface area contributed by atoms with Gasteiger partial charge in [-0.2, -0.15) is 0 Å². The third-order valence-electron chi connectivity index (χ3n) is 4.88. The molecule has 0 aromatic carbocycles. The Labute approximate surface area is 128 Å².